The Labute approximate surface area is 360 Å². The molecule has 16 heteroatoms. The SMILES string of the molecule is COC[C@H]1C[C@@H](c2nc3c(ccc4cc5c(cc43)OCc3cc(-c4cnc([C@@H]6C[C@H](C)CN6C(=O)[C@@H](NC(=O)OC)C(C)C)[nH]4)ccc3-5)[nH]2)N(C(=O)C(NC(=O)OC)C(C)C)C1. The molecule has 1 unspecified atom stereocenters. The molecule has 3 aliphatic heterocycles. The maximum absolute atomic E-state index is 14.1. The second-order valence-electron chi connectivity index (χ2n) is 17.6. The van der Waals surface area contributed by atoms with E-state index < -0.39 is 24.3 Å². The molecular weight excluding hydrogens is 793 g/mol. The van der Waals surface area contributed by atoms with Gasteiger partial charge in [0.25, 0.3) is 0 Å². The van der Waals surface area contributed by atoms with Crippen LogP contribution in [0.25, 0.3) is 44.2 Å². The number of ether oxygens (including phenoxy) is 4. The Kier molecular flexibility index (Phi) is 11.9. The van der Waals surface area contributed by atoms with E-state index >= 15 is 0 Å². The number of methoxy groups -OCH3 is 3. The fourth-order valence-corrected chi connectivity index (χ4v) is 9.37. The highest BCUT2D eigenvalue weighted by Crippen LogP contribution is 2.44. The van der Waals surface area contributed by atoms with Crippen LogP contribution in [0.2, 0.25) is 0 Å². The van der Waals surface area contributed by atoms with Crippen molar-refractivity contribution in [3.63, 3.8) is 0 Å². The number of likely N-dealkylation sites (tertiary alicyclic amines) is 2. The normalized spacial score (nSPS) is 20.5. The third kappa shape index (κ3) is 8.03. The number of imidazole rings is 2. The summed E-state index contributed by atoms with van der Waals surface area (Å²) in [6, 6.07) is 12.5. The monoisotopic (exact) mass is 848 g/mol. The maximum Gasteiger partial charge on any atom is 0.407 e. The lowest BCUT2D eigenvalue weighted by atomic mass is 9.92. The minimum absolute atomic E-state index is 0.0964. The van der Waals surface area contributed by atoms with Gasteiger partial charge < -0.3 is 49.3 Å². The second kappa shape index (κ2) is 17.3. The predicted molar refractivity (Wildman–Crippen MR) is 232 cm³/mol. The van der Waals surface area contributed by atoms with Crippen LogP contribution in [0.1, 0.15) is 76.8 Å². The van der Waals surface area contributed by atoms with Crippen molar-refractivity contribution in [3.05, 3.63) is 65.9 Å². The van der Waals surface area contributed by atoms with Crippen LogP contribution >= 0.6 is 0 Å². The molecule has 328 valence electrons. The Morgan fingerprint density at radius 3 is 2.16 bits per heavy atom. The largest absolute Gasteiger partial charge is 0.488 e. The topological polar surface area (TPSA) is 193 Å². The fraction of sp³-hybridized carbons (Fsp3) is 0.478. The van der Waals surface area contributed by atoms with Crippen LogP contribution in [0.4, 0.5) is 9.59 Å². The summed E-state index contributed by atoms with van der Waals surface area (Å²) in [5, 5.41) is 7.38. The number of benzene rings is 3. The Hall–Kier alpha value is -6.16. The van der Waals surface area contributed by atoms with Gasteiger partial charge in [-0.1, -0.05) is 52.8 Å². The average Bonchev–Trinajstić information content (AvgIpc) is 4.09. The molecule has 2 saturated heterocycles. The number of carbonyl (C=O) groups is 4. The van der Waals surface area contributed by atoms with Crippen molar-refractivity contribution in [1.29, 1.82) is 0 Å². The van der Waals surface area contributed by atoms with Gasteiger partial charge in [0, 0.05) is 37.1 Å². The van der Waals surface area contributed by atoms with Gasteiger partial charge in [-0.15, -0.1) is 0 Å². The molecule has 3 aliphatic rings. The lowest BCUT2D eigenvalue weighted by Crippen LogP contribution is -2.51. The first-order chi connectivity index (χ1) is 29.8. The summed E-state index contributed by atoms with van der Waals surface area (Å²) in [6.07, 6.45) is 1.93. The second-order valence-corrected chi connectivity index (χ2v) is 17.6. The number of aromatic amines is 2. The van der Waals surface area contributed by atoms with Crippen molar-refractivity contribution in [3.8, 4) is 28.1 Å². The number of rotatable bonds is 11. The molecule has 6 atom stereocenters. The number of carbonyl (C=O) groups excluding carboxylic acids is 4. The summed E-state index contributed by atoms with van der Waals surface area (Å²) >= 11 is 0. The third-order valence-corrected chi connectivity index (χ3v) is 12.6. The van der Waals surface area contributed by atoms with E-state index in [4.69, 9.17) is 28.9 Å². The van der Waals surface area contributed by atoms with Crippen LogP contribution in [0.3, 0.4) is 0 Å². The van der Waals surface area contributed by atoms with E-state index in [-0.39, 0.29) is 47.6 Å². The molecule has 0 bridgehead atoms. The first kappa shape index (κ1) is 42.5. The molecule has 4 N–H and O–H groups in total. The molecule has 0 saturated carbocycles. The van der Waals surface area contributed by atoms with E-state index in [2.05, 4.69) is 63.9 Å². The molecular formula is C46H56N8O8. The van der Waals surface area contributed by atoms with Gasteiger partial charge in [0.2, 0.25) is 11.8 Å². The van der Waals surface area contributed by atoms with Gasteiger partial charge in [-0.05, 0) is 76.9 Å². The maximum atomic E-state index is 14.1. The van der Waals surface area contributed by atoms with Crippen LogP contribution in [-0.2, 0) is 30.4 Å². The van der Waals surface area contributed by atoms with Gasteiger partial charge in [0.1, 0.15) is 36.1 Å². The molecule has 8 rings (SSSR count). The number of nitrogens with one attached hydrogen (secondary N) is 4. The van der Waals surface area contributed by atoms with Crippen molar-refractivity contribution in [2.24, 2.45) is 23.7 Å². The number of hydrogen-bond acceptors (Lipinski definition) is 10. The van der Waals surface area contributed by atoms with Crippen LogP contribution in [0, 0.1) is 23.7 Å². The quantitative estimate of drug-likeness (QED) is 0.109. The van der Waals surface area contributed by atoms with Crippen LogP contribution < -0.4 is 15.4 Å². The van der Waals surface area contributed by atoms with Crippen molar-refractivity contribution in [2.45, 2.75) is 78.2 Å². The Morgan fingerprint density at radius 2 is 1.50 bits per heavy atom. The van der Waals surface area contributed by atoms with Crippen LogP contribution in [0.5, 0.6) is 5.75 Å². The first-order valence-corrected chi connectivity index (χ1v) is 21.3. The van der Waals surface area contributed by atoms with Gasteiger partial charge in [0.15, 0.2) is 0 Å². The van der Waals surface area contributed by atoms with E-state index in [0.29, 0.717) is 44.4 Å². The summed E-state index contributed by atoms with van der Waals surface area (Å²) in [6.45, 7) is 11.6. The lowest BCUT2D eigenvalue weighted by molar-refractivity contribution is -0.136. The summed E-state index contributed by atoms with van der Waals surface area (Å²) in [5.74, 6) is 1.85. The molecule has 2 fully saturated rings. The average molecular weight is 849 g/mol. The molecule has 62 heavy (non-hydrogen) atoms. The van der Waals surface area contributed by atoms with E-state index in [1.807, 2.05) is 49.8 Å². The minimum atomic E-state index is -0.762. The lowest BCUT2D eigenvalue weighted by Gasteiger charge is -2.30. The van der Waals surface area contributed by atoms with Gasteiger partial charge in [0.05, 0.1) is 55.8 Å². The molecule has 2 aromatic heterocycles. The highest BCUT2D eigenvalue weighted by atomic mass is 16.5. The third-order valence-electron chi connectivity index (χ3n) is 12.6. The van der Waals surface area contributed by atoms with Gasteiger partial charge in [-0.3, -0.25) is 9.59 Å². The molecule has 16 nitrogen and oxygen atoms in total. The molecule has 3 aromatic carbocycles. The van der Waals surface area contributed by atoms with Gasteiger partial charge >= 0.3 is 12.2 Å². The summed E-state index contributed by atoms with van der Waals surface area (Å²) in [5.41, 5.74) is 6.50. The summed E-state index contributed by atoms with van der Waals surface area (Å²) in [7, 11) is 4.24. The number of fused-ring (bicyclic) bond motifs is 6. The Balaban J connectivity index is 1.05. The van der Waals surface area contributed by atoms with Crippen LogP contribution in [-0.4, -0.2) is 107 Å². The van der Waals surface area contributed by atoms with Crippen molar-refractivity contribution in [2.75, 3.05) is 41.0 Å². The van der Waals surface area contributed by atoms with E-state index in [9.17, 15) is 19.2 Å². The zero-order chi connectivity index (χ0) is 44.0. The molecule has 5 heterocycles. The number of H-pyrrole nitrogens is 2. The predicted octanol–water partition coefficient (Wildman–Crippen LogP) is 6.87. The zero-order valence-electron chi connectivity index (χ0n) is 36.5. The Bertz CT molecular complexity index is 2510. The minimum Gasteiger partial charge on any atom is -0.488 e. The van der Waals surface area contributed by atoms with E-state index in [0.717, 1.165) is 61.9 Å². The molecule has 0 aliphatic carbocycles. The van der Waals surface area contributed by atoms with Gasteiger partial charge in [-0.25, -0.2) is 19.6 Å². The molecule has 4 amide bonds. The van der Waals surface area contributed by atoms with Crippen LogP contribution in [0.15, 0.2) is 48.7 Å². The Morgan fingerprint density at radius 1 is 0.823 bits per heavy atom. The smallest absolute Gasteiger partial charge is 0.407 e. The number of alkyl carbamates (subject to hydrolysis) is 2. The van der Waals surface area contributed by atoms with E-state index in [1.54, 1.807) is 7.11 Å². The summed E-state index contributed by atoms with van der Waals surface area (Å²) < 4.78 is 21.6. The summed E-state index contributed by atoms with van der Waals surface area (Å²) in [4.78, 5) is 72.7. The number of amides is 4. The van der Waals surface area contributed by atoms with Gasteiger partial charge in [-0.2, -0.15) is 0 Å². The van der Waals surface area contributed by atoms with Crippen molar-refractivity contribution >= 4 is 45.8 Å². The highest BCUT2D eigenvalue weighted by molar-refractivity contribution is 6.07. The highest BCUT2D eigenvalue weighted by Gasteiger charge is 2.42. The standard InChI is InChI=1S/C46H56N8O8/c1-23(2)38(51-45(57)60-7)43(55)53-19-25(5)13-35(53)41-47-18-34(49-41)28-9-11-30-29(15-28)22-62-37-17-31-27(16-32(30)37)10-12-33-40(31)50-42(48-33)36-14-26(21-59-6)20-54(36)44(56)39(24(3)4)52-46(58)61-8/h9-12,15-18,23-26,35-36,38-39H,13-14,19-22H2,1-8H3,(H,47,49)(H,48,50)(H,51,57)(H,52,58)/t25-,26-,35-,36-,38-,39?/m0/s1. The molecule has 0 spiro atoms. The number of nitrogens with zero attached hydrogens (tertiary/aromatic N) is 4. The first-order valence-electron chi connectivity index (χ1n) is 21.3. The number of aromatic nitrogens is 4. The number of hydrogen-bond donors (Lipinski definition) is 4. The fourth-order valence-electron chi connectivity index (χ4n) is 9.37. The molecule has 0 radical (unpaired) electrons. The molecule has 5 aromatic rings. The zero-order valence-corrected chi connectivity index (χ0v) is 36.5. The van der Waals surface area contributed by atoms with E-state index in [1.165, 1.54) is 14.2 Å². The van der Waals surface area contributed by atoms with Crippen molar-refractivity contribution < 1.29 is 38.1 Å². The van der Waals surface area contributed by atoms with Crippen molar-refractivity contribution in [1.82, 2.24) is 40.4 Å².